The van der Waals surface area contributed by atoms with Crippen molar-refractivity contribution >= 4 is 24.0 Å². The van der Waals surface area contributed by atoms with Crippen molar-refractivity contribution in [2.45, 2.75) is 39.0 Å². The molecule has 4 heteroatoms. The Morgan fingerprint density at radius 2 is 1.85 bits per heavy atom. The van der Waals surface area contributed by atoms with Crippen LogP contribution in [0.15, 0.2) is 24.3 Å². The van der Waals surface area contributed by atoms with E-state index in [1.54, 1.807) is 0 Å². The zero-order valence-electron chi connectivity index (χ0n) is 12.3. The molecule has 1 aromatic rings. The third kappa shape index (κ3) is 5.14. The van der Waals surface area contributed by atoms with Crippen molar-refractivity contribution < 1.29 is 4.79 Å². The first-order chi connectivity index (χ1) is 9.15. The second-order valence-electron chi connectivity index (χ2n) is 5.72. The summed E-state index contributed by atoms with van der Waals surface area (Å²) < 4.78 is 0. The van der Waals surface area contributed by atoms with Crippen LogP contribution in [0.2, 0.25) is 0 Å². The summed E-state index contributed by atoms with van der Waals surface area (Å²) in [6, 6.07) is 8.17. The van der Waals surface area contributed by atoms with Crippen molar-refractivity contribution in [2.75, 3.05) is 18.4 Å². The normalized spacial score (nSPS) is 15.8. The van der Waals surface area contributed by atoms with Crippen LogP contribution in [0.25, 0.3) is 0 Å². The molecule has 0 spiro atoms. The van der Waals surface area contributed by atoms with Crippen LogP contribution in [0.3, 0.4) is 0 Å². The van der Waals surface area contributed by atoms with E-state index in [0.717, 1.165) is 31.6 Å². The van der Waals surface area contributed by atoms with Gasteiger partial charge in [-0.15, -0.1) is 12.4 Å². The van der Waals surface area contributed by atoms with E-state index in [4.69, 9.17) is 0 Å². The molecule has 3 nitrogen and oxygen atoms in total. The second-order valence-corrected chi connectivity index (χ2v) is 5.72. The van der Waals surface area contributed by atoms with Crippen LogP contribution in [0.4, 0.5) is 5.69 Å². The Kier molecular flexibility index (Phi) is 7.03. The summed E-state index contributed by atoms with van der Waals surface area (Å²) >= 11 is 0. The lowest BCUT2D eigenvalue weighted by Crippen LogP contribution is -2.30. The average Bonchev–Trinajstić information content (AvgIpc) is 2.40. The molecule has 0 aromatic heterocycles. The summed E-state index contributed by atoms with van der Waals surface area (Å²) in [7, 11) is 0. The van der Waals surface area contributed by atoms with Crippen LogP contribution in [-0.2, 0) is 4.79 Å². The summed E-state index contributed by atoms with van der Waals surface area (Å²) in [6.45, 7) is 6.43. The number of carbonyl (C=O) groups excluding carboxylic acids is 1. The monoisotopic (exact) mass is 296 g/mol. The zero-order valence-corrected chi connectivity index (χ0v) is 13.1. The molecule has 2 N–H and O–H groups in total. The fraction of sp³-hybridized carbons (Fsp3) is 0.562. The molecule has 2 rings (SSSR count). The molecule has 1 fully saturated rings. The lowest BCUT2D eigenvalue weighted by atomic mass is 9.94. The van der Waals surface area contributed by atoms with E-state index in [9.17, 15) is 4.79 Å². The van der Waals surface area contributed by atoms with Gasteiger partial charge in [0.1, 0.15) is 0 Å². The maximum Gasteiger partial charge on any atom is 0.224 e. The Labute approximate surface area is 127 Å². The molecule has 0 aliphatic carbocycles. The highest BCUT2D eigenvalue weighted by Gasteiger charge is 2.16. The van der Waals surface area contributed by atoms with E-state index in [1.807, 2.05) is 12.1 Å². The third-order valence-corrected chi connectivity index (χ3v) is 3.79. The molecule has 1 amide bonds. The van der Waals surface area contributed by atoms with Gasteiger partial charge in [-0.2, -0.15) is 0 Å². The molecule has 1 saturated heterocycles. The minimum Gasteiger partial charge on any atom is -0.326 e. The first-order valence-corrected chi connectivity index (χ1v) is 7.25. The largest absolute Gasteiger partial charge is 0.326 e. The molecule has 1 aliphatic heterocycles. The van der Waals surface area contributed by atoms with E-state index in [-0.39, 0.29) is 18.3 Å². The molecule has 112 valence electrons. The molecule has 0 atom stereocenters. The van der Waals surface area contributed by atoms with Crippen LogP contribution >= 0.6 is 12.4 Å². The predicted molar refractivity (Wildman–Crippen MR) is 86.6 cm³/mol. The molecular formula is C16H25ClN2O. The molecule has 0 bridgehead atoms. The molecule has 0 radical (unpaired) electrons. The average molecular weight is 297 g/mol. The van der Waals surface area contributed by atoms with E-state index in [1.165, 1.54) is 5.56 Å². The van der Waals surface area contributed by atoms with E-state index in [0.29, 0.717) is 18.3 Å². The van der Waals surface area contributed by atoms with Crippen LogP contribution < -0.4 is 10.6 Å². The summed E-state index contributed by atoms with van der Waals surface area (Å²) in [5.74, 6) is 1.21. The van der Waals surface area contributed by atoms with Crippen LogP contribution in [0.5, 0.6) is 0 Å². The highest BCUT2D eigenvalue weighted by Crippen LogP contribution is 2.19. The lowest BCUT2D eigenvalue weighted by Gasteiger charge is -2.21. The van der Waals surface area contributed by atoms with Crippen LogP contribution in [0, 0.1) is 5.92 Å². The van der Waals surface area contributed by atoms with E-state index >= 15 is 0 Å². The maximum absolute atomic E-state index is 12.0. The Morgan fingerprint density at radius 3 is 2.40 bits per heavy atom. The molecule has 0 saturated carbocycles. The van der Waals surface area contributed by atoms with Crippen molar-refractivity contribution in [3.8, 4) is 0 Å². The fourth-order valence-corrected chi connectivity index (χ4v) is 2.51. The Morgan fingerprint density at radius 1 is 1.25 bits per heavy atom. The number of hydrogen-bond donors (Lipinski definition) is 2. The van der Waals surface area contributed by atoms with Crippen molar-refractivity contribution in [1.29, 1.82) is 0 Å². The first-order valence-electron chi connectivity index (χ1n) is 7.25. The summed E-state index contributed by atoms with van der Waals surface area (Å²) in [5, 5.41) is 6.32. The van der Waals surface area contributed by atoms with Crippen molar-refractivity contribution in [2.24, 2.45) is 5.92 Å². The smallest absolute Gasteiger partial charge is 0.224 e. The SMILES string of the molecule is CC(C)c1ccc(NC(=O)CC2CCNCC2)cc1.Cl. The topological polar surface area (TPSA) is 41.1 Å². The second kappa shape index (κ2) is 8.28. The van der Waals surface area contributed by atoms with Gasteiger partial charge in [0.15, 0.2) is 0 Å². The molecule has 1 aromatic carbocycles. The minimum absolute atomic E-state index is 0. The predicted octanol–water partition coefficient (Wildman–Crippen LogP) is 3.56. The summed E-state index contributed by atoms with van der Waals surface area (Å²) in [6.07, 6.45) is 2.87. The molecule has 20 heavy (non-hydrogen) atoms. The molecule has 1 heterocycles. The van der Waals surface area contributed by atoms with Gasteiger partial charge in [-0.3, -0.25) is 4.79 Å². The van der Waals surface area contributed by atoms with Gasteiger partial charge in [0, 0.05) is 12.1 Å². The van der Waals surface area contributed by atoms with Crippen molar-refractivity contribution in [3.05, 3.63) is 29.8 Å². The van der Waals surface area contributed by atoms with E-state index < -0.39 is 0 Å². The highest BCUT2D eigenvalue weighted by molar-refractivity contribution is 5.90. The van der Waals surface area contributed by atoms with Gasteiger partial charge >= 0.3 is 0 Å². The lowest BCUT2D eigenvalue weighted by molar-refractivity contribution is -0.117. The fourth-order valence-electron chi connectivity index (χ4n) is 2.51. The van der Waals surface area contributed by atoms with Crippen LogP contribution in [-0.4, -0.2) is 19.0 Å². The van der Waals surface area contributed by atoms with Gasteiger partial charge in [0.05, 0.1) is 0 Å². The number of anilines is 1. The number of hydrogen-bond acceptors (Lipinski definition) is 2. The van der Waals surface area contributed by atoms with Gasteiger partial charge in [0.2, 0.25) is 5.91 Å². The summed E-state index contributed by atoms with van der Waals surface area (Å²) in [4.78, 5) is 12.0. The number of carbonyl (C=O) groups is 1. The van der Waals surface area contributed by atoms with Gasteiger partial charge in [-0.25, -0.2) is 0 Å². The van der Waals surface area contributed by atoms with Gasteiger partial charge in [0.25, 0.3) is 0 Å². The number of nitrogens with one attached hydrogen (secondary N) is 2. The van der Waals surface area contributed by atoms with Gasteiger partial charge in [-0.05, 0) is 55.5 Å². The van der Waals surface area contributed by atoms with Crippen LogP contribution in [0.1, 0.15) is 44.6 Å². The Balaban J connectivity index is 0.00000200. The van der Waals surface area contributed by atoms with Crippen molar-refractivity contribution in [1.82, 2.24) is 5.32 Å². The Bertz CT molecular complexity index is 411. The molecular weight excluding hydrogens is 272 g/mol. The standard InChI is InChI=1S/C16H24N2O.ClH/c1-12(2)14-3-5-15(6-4-14)18-16(19)11-13-7-9-17-10-8-13;/h3-6,12-13,17H,7-11H2,1-2H3,(H,18,19);1H. The number of amides is 1. The number of rotatable bonds is 4. The van der Waals surface area contributed by atoms with E-state index in [2.05, 4.69) is 36.6 Å². The minimum atomic E-state index is 0. The number of benzene rings is 1. The molecule has 0 unspecified atom stereocenters. The number of halogens is 1. The number of piperidine rings is 1. The van der Waals surface area contributed by atoms with Gasteiger partial charge in [-0.1, -0.05) is 26.0 Å². The quantitative estimate of drug-likeness (QED) is 0.892. The zero-order chi connectivity index (χ0) is 13.7. The van der Waals surface area contributed by atoms with Gasteiger partial charge < -0.3 is 10.6 Å². The van der Waals surface area contributed by atoms with Crippen molar-refractivity contribution in [3.63, 3.8) is 0 Å². The maximum atomic E-state index is 12.0. The first kappa shape index (κ1) is 17.0. The summed E-state index contributed by atoms with van der Waals surface area (Å²) in [5.41, 5.74) is 2.21. The third-order valence-electron chi connectivity index (χ3n) is 3.79. The highest BCUT2D eigenvalue weighted by atomic mass is 35.5. The Hall–Kier alpha value is -1.06. The molecule has 1 aliphatic rings.